The lowest BCUT2D eigenvalue weighted by Crippen LogP contribution is -2.57. The first-order chi connectivity index (χ1) is 16.6. The topological polar surface area (TPSA) is 87.0 Å². The van der Waals surface area contributed by atoms with Gasteiger partial charge >= 0.3 is 6.03 Å². The van der Waals surface area contributed by atoms with Gasteiger partial charge in [-0.25, -0.2) is 4.79 Å². The first-order valence-electron chi connectivity index (χ1n) is 13.0. The van der Waals surface area contributed by atoms with Gasteiger partial charge in [0.05, 0.1) is 0 Å². The van der Waals surface area contributed by atoms with Gasteiger partial charge in [-0.15, -0.1) is 0 Å². The smallest absolute Gasteiger partial charge is 0.328 e. The maximum Gasteiger partial charge on any atom is 0.328 e. The third kappa shape index (κ3) is 5.15. The molecule has 3 aliphatic rings. The van der Waals surface area contributed by atoms with Crippen LogP contribution in [0.5, 0.6) is 0 Å². The summed E-state index contributed by atoms with van der Waals surface area (Å²) in [6.45, 7) is 9.59. The van der Waals surface area contributed by atoms with Crippen LogP contribution in [-0.4, -0.2) is 70.8 Å². The number of nitrogens with two attached hydrogens (primary N) is 1. The number of imide groups is 1. The Labute approximate surface area is 209 Å². The molecule has 1 aromatic carbocycles. The van der Waals surface area contributed by atoms with Crippen LogP contribution in [0.15, 0.2) is 41.5 Å². The average molecular weight is 481 g/mol. The molecule has 0 aromatic heterocycles. The Hall–Kier alpha value is -2.67. The van der Waals surface area contributed by atoms with E-state index in [1.165, 1.54) is 19.3 Å². The molecule has 35 heavy (non-hydrogen) atoms. The predicted molar refractivity (Wildman–Crippen MR) is 137 cm³/mol. The van der Waals surface area contributed by atoms with Gasteiger partial charge in [0.1, 0.15) is 12.1 Å². The van der Waals surface area contributed by atoms with Gasteiger partial charge in [-0.3, -0.25) is 14.5 Å². The largest absolute Gasteiger partial charge is 0.368 e. The Bertz CT molecular complexity index is 993. The quantitative estimate of drug-likeness (QED) is 0.454. The highest BCUT2D eigenvalue weighted by molar-refractivity contribution is 6.09. The van der Waals surface area contributed by atoms with Gasteiger partial charge in [0.15, 0.2) is 0 Å². The summed E-state index contributed by atoms with van der Waals surface area (Å²) >= 11 is 0. The third-order valence-electron chi connectivity index (χ3n) is 8.45. The molecule has 2 heterocycles. The molecule has 7 nitrogen and oxygen atoms in total. The number of nitrogens with zero attached hydrogens (tertiary/aromatic N) is 3. The maximum absolute atomic E-state index is 13.5. The van der Waals surface area contributed by atoms with E-state index in [9.17, 15) is 14.4 Å². The van der Waals surface area contributed by atoms with Crippen LogP contribution < -0.4 is 5.73 Å². The molecule has 4 rings (SSSR count). The minimum atomic E-state index is -0.878. The number of primary amides is 1. The summed E-state index contributed by atoms with van der Waals surface area (Å²) in [4.78, 5) is 43.6. The van der Waals surface area contributed by atoms with E-state index in [1.54, 1.807) is 16.0 Å². The summed E-state index contributed by atoms with van der Waals surface area (Å²) in [6, 6.07) is 9.59. The molecule has 1 spiro atoms. The van der Waals surface area contributed by atoms with Gasteiger partial charge in [-0.1, -0.05) is 55.3 Å². The van der Waals surface area contributed by atoms with E-state index in [0.717, 1.165) is 36.5 Å². The number of carbonyl (C=O) groups excluding carboxylic acids is 3. The molecule has 1 aromatic rings. The number of piperidine rings is 1. The number of urea groups is 1. The monoisotopic (exact) mass is 480 g/mol. The molecular formula is C28H40N4O3. The van der Waals surface area contributed by atoms with E-state index in [2.05, 4.69) is 25.7 Å². The fourth-order valence-corrected chi connectivity index (χ4v) is 6.40. The maximum atomic E-state index is 13.5. The molecule has 2 fully saturated rings. The Morgan fingerprint density at radius 3 is 2.31 bits per heavy atom. The fourth-order valence-electron chi connectivity index (χ4n) is 6.40. The van der Waals surface area contributed by atoms with Gasteiger partial charge in [-0.05, 0) is 62.8 Å². The van der Waals surface area contributed by atoms with Crippen LogP contribution in [0.1, 0.15) is 64.9 Å². The zero-order valence-corrected chi connectivity index (χ0v) is 21.5. The van der Waals surface area contributed by atoms with E-state index in [-0.39, 0.29) is 23.9 Å². The van der Waals surface area contributed by atoms with Crippen LogP contribution in [0, 0.1) is 5.41 Å². The van der Waals surface area contributed by atoms with E-state index in [1.807, 2.05) is 30.3 Å². The van der Waals surface area contributed by atoms with Crippen molar-refractivity contribution in [3.8, 4) is 0 Å². The third-order valence-corrected chi connectivity index (χ3v) is 8.45. The molecule has 0 bridgehead atoms. The van der Waals surface area contributed by atoms with Crippen molar-refractivity contribution in [1.82, 2.24) is 14.7 Å². The standard InChI is InChI=1S/C28H40N4O3/c1-21-8-7-13-27(2,3)23(21)12-16-30-18-14-28(15-19-30)25(34)31(20-24(29)33)26(35)32(28)17-11-22-9-5-4-6-10-22/h4-6,9-10H,7-8,11-20H2,1-3H3,(H2,29,33). The van der Waals surface area contributed by atoms with Crippen molar-refractivity contribution in [3.63, 3.8) is 0 Å². The average Bonchev–Trinajstić information content (AvgIpc) is 2.99. The van der Waals surface area contributed by atoms with Crippen molar-refractivity contribution in [3.05, 3.63) is 47.0 Å². The summed E-state index contributed by atoms with van der Waals surface area (Å²) in [5.74, 6) is -0.927. The number of rotatable bonds is 8. The van der Waals surface area contributed by atoms with Crippen LogP contribution >= 0.6 is 0 Å². The zero-order valence-electron chi connectivity index (χ0n) is 21.5. The Morgan fingerprint density at radius 2 is 1.69 bits per heavy atom. The summed E-state index contributed by atoms with van der Waals surface area (Å²) in [6.07, 6.45) is 6.61. The van der Waals surface area contributed by atoms with E-state index in [4.69, 9.17) is 5.73 Å². The Morgan fingerprint density at radius 1 is 1.00 bits per heavy atom. The van der Waals surface area contributed by atoms with Crippen molar-refractivity contribution in [2.45, 2.75) is 71.3 Å². The highest BCUT2D eigenvalue weighted by Gasteiger charge is 2.57. The number of carbonyl (C=O) groups is 3. The van der Waals surface area contributed by atoms with Gasteiger partial charge in [0.2, 0.25) is 5.91 Å². The molecule has 2 N–H and O–H groups in total. The molecule has 2 saturated heterocycles. The molecule has 190 valence electrons. The van der Waals surface area contributed by atoms with E-state index in [0.29, 0.717) is 25.8 Å². The zero-order chi connectivity index (χ0) is 25.2. The summed E-state index contributed by atoms with van der Waals surface area (Å²) in [7, 11) is 0. The molecule has 0 atom stereocenters. The predicted octanol–water partition coefficient (Wildman–Crippen LogP) is 3.73. The number of likely N-dealkylation sites (tertiary alicyclic amines) is 1. The second kappa shape index (κ2) is 10.1. The highest BCUT2D eigenvalue weighted by Crippen LogP contribution is 2.42. The van der Waals surface area contributed by atoms with Gasteiger partial charge in [-0.2, -0.15) is 0 Å². The summed E-state index contributed by atoms with van der Waals surface area (Å²) in [5, 5.41) is 0. The minimum Gasteiger partial charge on any atom is -0.368 e. The Kier molecular flexibility index (Phi) is 7.36. The first-order valence-corrected chi connectivity index (χ1v) is 13.0. The van der Waals surface area contributed by atoms with Crippen molar-refractivity contribution >= 4 is 17.8 Å². The van der Waals surface area contributed by atoms with Crippen LogP contribution in [0.2, 0.25) is 0 Å². The number of hydrogen-bond donors (Lipinski definition) is 1. The van der Waals surface area contributed by atoms with E-state index >= 15 is 0 Å². The molecule has 1 aliphatic carbocycles. The van der Waals surface area contributed by atoms with Crippen molar-refractivity contribution in [2.75, 3.05) is 32.7 Å². The lowest BCUT2D eigenvalue weighted by molar-refractivity contribution is -0.137. The molecular weight excluding hydrogens is 440 g/mol. The number of allylic oxidation sites excluding steroid dienone is 1. The number of hydrogen-bond acceptors (Lipinski definition) is 4. The fraction of sp³-hybridized carbons (Fsp3) is 0.607. The highest BCUT2D eigenvalue weighted by atomic mass is 16.2. The molecule has 7 heteroatoms. The van der Waals surface area contributed by atoms with Gasteiger partial charge in [0.25, 0.3) is 5.91 Å². The normalized spacial score (nSPS) is 22.4. The lowest BCUT2D eigenvalue weighted by Gasteiger charge is -2.43. The van der Waals surface area contributed by atoms with Crippen LogP contribution in [-0.2, 0) is 16.0 Å². The molecule has 4 amide bonds. The number of benzene rings is 1. The lowest BCUT2D eigenvalue weighted by atomic mass is 9.71. The van der Waals surface area contributed by atoms with Gasteiger partial charge < -0.3 is 15.5 Å². The first kappa shape index (κ1) is 25.4. The minimum absolute atomic E-state index is 0.261. The van der Waals surface area contributed by atoms with Crippen LogP contribution in [0.4, 0.5) is 4.79 Å². The van der Waals surface area contributed by atoms with E-state index < -0.39 is 11.4 Å². The summed E-state index contributed by atoms with van der Waals surface area (Å²) in [5.41, 5.74) is 9.01. The Balaban J connectivity index is 1.46. The molecule has 0 unspecified atom stereocenters. The molecule has 2 aliphatic heterocycles. The van der Waals surface area contributed by atoms with Gasteiger partial charge in [0, 0.05) is 26.2 Å². The van der Waals surface area contributed by atoms with Crippen molar-refractivity contribution in [2.24, 2.45) is 11.1 Å². The van der Waals surface area contributed by atoms with Crippen molar-refractivity contribution < 1.29 is 14.4 Å². The van der Waals surface area contributed by atoms with Crippen molar-refractivity contribution in [1.29, 1.82) is 0 Å². The number of amides is 4. The summed E-state index contributed by atoms with van der Waals surface area (Å²) < 4.78 is 0. The van der Waals surface area contributed by atoms with Crippen LogP contribution in [0.3, 0.4) is 0 Å². The SMILES string of the molecule is CC1=C(CCN2CCC3(CC2)C(=O)N(CC(N)=O)C(=O)N3CCc2ccccc2)C(C)(C)CCC1. The van der Waals surface area contributed by atoms with Crippen LogP contribution in [0.25, 0.3) is 0 Å². The molecule has 0 saturated carbocycles. The second-order valence-corrected chi connectivity index (χ2v) is 11.1. The second-order valence-electron chi connectivity index (χ2n) is 11.1. The molecule has 0 radical (unpaired) electrons.